The number of aromatic nitrogens is 1. The van der Waals surface area contributed by atoms with Crippen LogP contribution in [0.1, 0.15) is 19.3 Å². The van der Waals surface area contributed by atoms with Crippen molar-refractivity contribution in [2.24, 2.45) is 5.92 Å². The van der Waals surface area contributed by atoms with Gasteiger partial charge in [-0.25, -0.2) is 4.79 Å². The molecule has 1 aliphatic rings. The normalized spacial score (nSPS) is 19.9. The lowest BCUT2D eigenvalue weighted by atomic mass is 10.0. The Labute approximate surface area is 121 Å². The van der Waals surface area contributed by atoms with Crippen molar-refractivity contribution in [3.63, 3.8) is 0 Å². The number of carbonyl (C=O) groups excluding carboxylic acids is 1. The summed E-state index contributed by atoms with van der Waals surface area (Å²) >= 11 is 3.36. The van der Waals surface area contributed by atoms with Crippen LogP contribution < -0.4 is 5.32 Å². The standard InChI is InChI=1S/C13H18BrN3O2/c14-11-8-15-5-3-12(11)16-13(19)17-6-1-2-10(9-18)4-7-17/h3,5,8,10,18H,1-2,4,6-7,9H2,(H,15,16,19). The van der Waals surface area contributed by atoms with Gasteiger partial charge in [0.25, 0.3) is 0 Å². The van der Waals surface area contributed by atoms with Gasteiger partial charge in [-0.3, -0.25) is 4.98 Å². The maximum absolute atomic E-state index is 12.2. The average molecular weight is 328 g/mol. The molecule has 1 saturated heterocycles. The van der Waals surface area contributed by atoms with Crippen molar-refractivity contribution in [1.82, 2.24) is 9.88 Å². The van der Waals surface area contributed by atoms with Gasteiger partial charge in [0.1, 0.15) is 0 Å². The Morgan fingerprint density at radius 3 is 3.11 bits per heavy atom. The van der Waals surface area contributed by atoms with Crippen molar-refractivity contribution >= 4 is 27.6 Å². The average Bonchev–Trinajstić information content (AvgIpc) is 2.66. The van der Waals surface area contributed by atoms with Gasteiger partial charge in [0.2, 0.25) is 0 Å². The fraction of sp³-hybridized carbons (Fsp3) is 0.538. The molecule has 0 saturated carbocycles. The summed E-state index contributed by atoms with van der Waals surface area (Å²) in [5, 5.41) is 12.1. The minimum atomic E-state index is -0.0921. The van der Waals surface area contributed by atoms with E-state index in [1.54, 1.807) is 18.5 Å². The maximum Gasteiger partial charge on any atom is 0.321 e. The molecule has 2 heterocycles. The summed E-state index contributed by atoms with van der Waals surface area (Å²) in [5.74, 6) is 0.325. The highest BCUT2D eigenvalue weighted by Gasteiger charge is 2.20. The molecule has 104 valence electrons. The lowest BCUT2D eigenvalue weighted by Gasteiger charge is -2.21. The molecule has 1 aliphatic heterocycles. The Kier molecular flexibility index (Phi) is 5.15. The zero-order valence-corrected chi connectivity index (χ0v) is 12.3. The topological polar surface area (TPSA) is 65.5 Å². The van der Waals surface area contributed by atoms with E-state index in [4.69, 9.17) is 0 Å². The second-order valence-electron chi connectivity index (χ2n) is 4.75. The van der Waals surface area contributed by atoms with Gasteiger partial charge in [0.05, 0.1) is 10.2 Å². The van der Waals surface area contributed by atoms with E-state index < -0.39 is 0 Å². The number of hydrogen-bond acceptors (Lipinski definition) is 3. The van der Waals surface area contributed by atoms with Gasteiger partial charge < -0.3 is 15.3 Å². The summed E-state index contributed by atoms with van der Waals surface area (Å²) in [6.07, 6.45) is 6.08. The molecule has 0 radical (unpaired) electrons. The first kappa shape index (κ1) is 14.3. The van der Waals surface area contributed by atoms with Crippen LogP contribution in [0.3, 0.4) is 0 Å². The molecule has 5 nitrogen and oxygen atoms in total. The second-order valence-corrected chi connectivity index (χ2v) is 5.61. The summed E-state index contributed by atoms with van der Waals surface area (Å²) in [4.78, 5) is 17.9. The first-order valence-electron chi connectivity index (χ1n) is 6.47. The number of likely N-dealkylation sites (tertiary alicyclic amines) is 1. The molecule has 2 N–H and O–H groups in total. The Bertz CT molecular complexity index is 442. The number of pyridine rings is 1. The van der Waals surface area contributed by atoms with E-state index in [1.807, 2.05) is 4.90 Å². The van der Waals surface area contributed by atoms with Crippen molar-refractivity contribution in [3.05, 3.63) is 22.9 Å². The molecule has 0 spiro atoms. The molecular formula is C13H18BrN3O2. The number of aliphatic hydroxyl groups is 1. The number of carbonyl (C=O) groups is 1. The molecule has 1 unspecified atom stereocenters. The summed E-state index contributed by atoms with van der Waals surface area (Å²) < 4.78 is 0.770. The fourth-order valence-electron chi connectivity index (χ4n) is 2.22. The fourth-order valence-corrected chi connectivity index (χ4v) is 2.57. The van der Waals surface area contributed by atoms with Gasteiger partial charge >= 0.3 is 6.03 Å². The molecular weight excluding hydrogens is 310 g/mol. The summed E-state index contributed by atoms with van der Waals surface area (Å²) in [7, 11) is 0. The largest absolute Gasteiger partial charge is 0.396 e. The molecule has 1 aromatic rings. The number of hydrogen-bond donors (Lipinski definition) is 2. The van der Waals surface area contributed by atoms with Crippen LogP contribution in [0.15, 0.2) is 22.9 Å². The number of halogens is 1. The third kappa shape index (κ3) is 3.91. The predicted octanol–water partition coefficient (Wildman–Crippen LogP) is 2.47. The maximum atomic E-state index is 12.2. The van der Waals surface area contributed by atoms with Gasteiger partial charge in [0.15, 0.2) is 0 Å². The zero-order chi connectivity index (χ0) is 13.7. The first-order valence-corrected chi connectivity index (χ1v) is 7.26. The molecule has 2 amide bonds. The lowest BCUT2D eigenvalue weighted by Crippen LogP contribution is -2.35. The van der Waals surface area contributed by atoms with E-state index in [0.29, 0.717) is 12.5 Å². The van der Waals surface area contributed by atoms with Crippen molar-refractivity contribution < 1.29 is 9.90 Å². The van der Waals surface area contributed by atoms with E-state index in [0.717, 1.165) is 36.0 Å². The Hall–Kier alpha value is -1.14. The number of amides is 2. The van der Waals surface area contributed by atoms with Crippen LogP contribution in [-0.2, 0) is 0 Å². The van der Waals surface area contributed by atoms with Crippen LogP contribution in [0.4, 0.5) is 10.5 Å². The molecule has 1 fully saturated rings. The number of aliphatic hydroxyl groups excluding tert-OH is 1. The van der Waals surface area contributed by atoms with Crippen LogP contribution in [0, 0.1) is 5.92 Å². The van der Waals surface area contributed by atoms with Gasteiger partial charge in [-0.2, -0.15) is 0 Å². The smallest absolute Gasteiger partial charge is 0.321 e. The number of anilines is 1. The second kappa shape index (κ2) is 6.86. The van der Waals surface area contributed by atoms with Gasteiger partial charge in [-0.1, -0.05) is 0 Å². The number of nitrogens with zero attached hydrogens (tertiary/aromatic N) is 2. The van der Waals surface area contributed by atoms with Crippen LogP contribution in [-0.4, -0.2) is 40.7 Å². The van der Waals surface area contributed by atoms with Gasteiger partial charge in [-0.05, 0) is 47.2 Å². The summed E-state index contributed by atoms with van der Waals surface area (Å²) in [6, 6.07) is 1.67. The number of rotatable bonds is 2. The first-order chi connectivity index (χ1) is 9.20. The molecule has 0 aliphatic carbocycles. The zero-order valence-electron chi connectivity index (χ0n) is 10.7. The van der Waals surface area contributed by atoms with Crippen LogP contribution in [0.5, 0.6) is 0 Å². The van der Waals surface area contributed by atoms with E-state index in [2.05, 4.69) is 26.2 Å². The van der Waals surface area contributed by atoms with Gasteiger partial charge in [-0.15, -0.1) is 0 Å². The van der Waals surface area contributed by atoms with E-state index in [1.165, 1.54) is 0 Å². The molecule has 0 bridgehead atoms. The van der Waals surface area contributed by atoms with E-state index in [-0.39, 0.29) is 12.6 Å². The number of urea groups is 1. The van der Waals surface area contributed by atoms with Gasteiger partial charge in [0, 0.05) is 32.1 Å². The highest BCUT2D eigenvalue weighted by Crippen LogP contribution is 2.22. The Morgan fingerprint density at radius 2 is 2.37 bits per heavy atom. The van der Waals surface area contributed by atoms with E-state index in [9.17, 15) is 9.90 Å². The minimum absolute atomic E-state index is 0.0921. The highest BCUT2D eigenvalue weighted by atomic mass is 79.9. The summed E-state index contributed by atoms with van der Waals surface area (Å²) in [5.41, 5.74) is 0.725. The quantitative estimate of drug-likeness (QED) is 0.876. The highest BCUT2D eigenvalue weighted by molar-refractivity contribution is 9.10. The van der Waals surface area contributed by atoms with Crippen molar-refractivity contribution in [3.8, 4) is 0 Å². The summed E-state index contributed by atoms with van der Waals surface area (Å²) in [6.45, 7) is 1.65. The van der Waals surface area contributed by atoms with Crippen LogP contribution in [0.25, 0.3) is 0 Å². The predicted molar refractivity (Wildman–Crippen MR) is 77.0 cm³/mol. The van der Waals surface area contributed by atoms with Crippen LogP contribution in [0.2, 0.25) is 0 Å². The van der Waals surface area contributed by atoms with Crippen molar-refractivity contribution in [1.29, 1.82) is 0 Å². The molecule has 2 rings (SSSR count). The Morgan fingerprint density at radius 1 is 1.53 bits per heavy atom. The minimum Gasteiger partial charge on any atom is -0.396 e. The monoisotopic (exact) mass is 327 g/mol. The van der Waals surface area contributed by atoms with Crippen molar-refractivity contribution in [2.75, 3.05) is 25.0 Å². The third-order valence-corrected chi connectivity index (χ3v) is 4.04. The molecule has 0 aromatic carbocycles. The molecule has 19 heavy (non-hydrogen) atoms. The number of nitrogens with one attached hydrogen (secondary N) is 1. The van der Waals surface area contributed by atoms with Crippen molar-refractivity contribution in [2.45, 2.75) is 19.3 Å². The van der Waals surface area contributed by atoms with Crippen LogP contribution >= 0.6 is 15.9 Å². The molecule has 1 aromatic heterocycles. The van der Waals surface area contributed by atoms with E-state index >= 15 is 0 Å². The Balaban J connectivity index is 1.95. The third-order valence-electron chi connectivity index (χ3n) is 3.41. The molecule has 6 heteroatoms. The molecule has 1 atom stereocenters. The lowest BCUT2D eigenvalue weighted by molar-refractivity contribution is 0.202. The SMILES string of the molecule is O=C(Nc1ccncc1Br)N1CCCC(CO)CC1.